The molecule has 1 heterocycles. The lowest BCUT2D eigenvalue weighted by Gasteiger charge is -2.30. The number of piperidine rings is 1. The Morgan fingerprint density at radius 3 is 2.68 bits per heavy atom. The molecule has 1 aliphatic rings. The molecule has 112 valence electrons. The van der Waals surface area contributed by atoms with Crippen molar-refractivity contribution in [3.05, 3.63) is 0 Å². The summed E-state index contributed by atoms with van der Waals surface area (Å²) < 4.78 is 25.9. The van der Waals surface area contributed by atoms with Gasteiger partial charge in [0.05, 0.1) is 0 Å². The van der Waals surface area contributed by atoms with Gasteiger partial charge in [-0.15, -0.1) is 0 Å². The number of carboxylic acids is 1. The zero-order valence-electron chi connectivity index (χ0n) is 11.6. The Bertz CT molecular complexity index is 391. The first kappa shape index (κ1) is 16.4. The van der Waals surface area contributed by atoms with Crippen LogP contribution in [0.3, 0.4) is 0 Å². The molecule has 0 radical (unpaired) electrons. The van der Waals surface area contributed by atoms with Crippen LogP contribution in [0, 0.1) is 5.92 Å². The molecule has 2 N–H and O–H groups in total. The topological polar surface area (TPSA) is 86.7 Å². The third-order valence-electron chi connectivity index (χ3n) is 3.49. The molecule has 0 saturated carbocycles. The van der Waals surface area contributed by atoms with Crippen LogP contribution >= 0.6 is 0 Å². The molecule has 0 amide bonds. The SMILES string of the molecule is CCCN(CC1CCCNC1)S(=O)(=O)C(C)C(=O)O. The third-order valence-corrected chi connectivity index (χ3v) is 5.63. The van der Waals surface area contributed by atoms with Gasteiger partial charge in [0.1, 0.15) is 0 Å². The Labute approximate surface area is 115 Å². The number of sulfonamides is 1. The summed E-state index contributed by atoms with van der Waals surface area (Å²) in [6.07, 6.45) is 2.72. The number of carbonyl (C=O) groups is 1. The van der Waals surface area contributed by atoms with Gasteiger partial charge in [0.2, 0.25) is 10.0 Å². The predicted octanol–water partition coefficient (Wildman–Crippen LogP) is 0.501. The molecule has 0 aromatic carbocycles. The first-order valence-electron chi connectivity index (χ1n) is 6.82. The fourth-order valence-corrected chi connectivity index (χ4v) is 3.85. The summed E-state index contributed by atoms with van der Waals surface area (Å²) in [5.74, 6) is -1.01. The molecule has 2 atom stereocenters. The Hall–Kier alpha value is -0.660. The maximum Gasteiger partial charge on any atom is 0.323 e. The van der Waals surface area contributed by atoms with Crippen LogP contribution in [0.25, 0.3) is 0 Å². The van der Waals surface area contributed by atoms with Crippen LogP contribution in [0.5, 0.6) is 0 Å². The molecular weight excluding hydrogens is 268 g/mol. The maximum absolute atomic E-state index is 12.3. The number of nitrogens with one attached hydrogen (secondary N) is 1. The fourth-order valence-electron chi connectivity index (χ4n) is 2.29. The van der Waals surface area contributed by atoms with Crippen LogP contribution in [0.15, 0.2) is 0 Å². The maximum atomic E-state index is 12.3. The summed E-state index contributed by atoms with van der Waals surface area (Å²) in [6.45, 7) is 5.71. The van der Waals surface area contributed by atoms with E-state index in [1.54, 1.807) is 0 Å². The van der Waals surface area contributed by atoms with Gasteiger partial charge >= 0.3 is 5.97 Å². The number of hydrogen-bond acceptors (Lipinski definition) is 4. The highest BCUT2D eigenvalue weighted by Crippen LogP contribution is 2.17. The normalized spacial score (nSPS) is 22.4. The summed E-state index contributed by atoms with van der Waals surface area (Å²) >= 11 is 0. The molecule has 0 aromatic heterocycles. The van der Waals surface area contributed by atoms with Crippen molar-refractivity contribution in [3.63, 3.8) is 0 Å². The lowest BCUT2D eigenvalue weighted by atomic mass is 10.00. The summed E-state index contributed by atoms with van der Waals surface area (Å²) in [5.41, 5.74) is 0. The van der Waals surface area contributed by atoms with Gasteiger partial charge < -0.3 is 10.4 Å². The van der Waals surface area contributed by atoms with Crippen molar-refractivity contribution in [2.75, 3.05) is 26.2 Å². The van der Waals surface area contributed by atoms with Crippen molar-refractivity contribution in [3.8, 4) is 0 Å². The van der Waals surface area contributed by atoms with Crippen LogP contribution in [0.2, 0.25) is 0 Å². The Morgan fingerprint density at radius 1 is 1.53 bits per heavy atom. The smallest absolute Gasteiger partial charge is 0.323 e. The molecule has 1 fully saturated rings. The van der Waals surface area contributed by atoms with Gasteiger partial charge in [0.15, 0.2) is 5.25 Å². The summed E-state index contributed by atoms with van der Waals surface area (Å²) in [5, 5.41) is 10.8. The summed E-state index contributed by atoms with van der Waals surface area (Å²) in [6, 6.07) is 0. The van der Waals surface area contributed by atoms with E-state index in [-0.39, 0.29) is 5.92 Å². The highest BCUT2D eigenvalue weighted by molar-refractivity contribution is 7.90. The lowest BCUT2D eigenvalue weighted by molar-refractivity contribution is -0.136. The first-order chi connectivity index (χ1) is 8.89. The first-order valence-corrected chi connectivity index (χ1v) is 8.32. The van der Waals surface area contributed by atoms with E-state index in [0.717, 1.165) is 25.9 Å². The monoisotopic (exact) mass is 292 g/mol. The van der Waals surface area contributed by atoms with Crippen LogP contribution in [-0.2, 0) is 14.8 Å². The van der Waals surface area contributed by atoms with E-state index in [4.69, 9.17) is 5.11 Å². The molecule has 1 aliphatic heterocycles. The quantitative estimate of drug-likeness (QED) is 0.713. The largest absolute Gasteiger partial charge is 0.480 e. The Balaban J connectivity index is 2.77. The zero-order valence-corrected chi connectivity index (χ0v) is 12.4. The van der Waals surface area contributed by atoms with Crippen molar-refractivity contribution in [1.29, 1.82) is 0 Å². The minimum atomic E-state index is -3.76. The molecule has 19 heavy (non-hydrogen) atoms. The van der Waals surface area contributed by atoms with Gasteiger partial charge in [-0.05, 0) is 45.2 Å². The minimum absolute atomic E-state index is 0.274. The zero-order chi connectivity index (χ0) is 14.5. The van der Waals surface area contributed by atoms with Gasteiger partial charge in [-0.3, -0.25) is 4.79 Å². The molecule has 6 nitrogen and oxygen atoms in total. The van der Waals surface area contributed by atoms with E-state index >= 15 is 0 Å². The second-order valence-corrected chi connectivity index (χ2v) is 7.35. The van der Waals surface area contributed by atoms with Crippen LogP contribution in [0.4, 0.5) is 0 Å². The number of aliphatic carboxylic acids is 1. The Morgan fingerprint density at radius 2 is 2.21 bits per heavy atom. The molecule has 1 saturated heterocycles. The van der Waals surface area contributed by atoms with Crippen LogP contribution in [-0.4, -0.2) is 55.2 Å². The molecule has 0 spiro atoms. The molecule has 2 unspecified atom stereocenters. The van der Waals surface area contributed by atoms with Crippen molar-refractivity contribution in [2.45, 2.75) is 38.4 Å². The van der Waals surface area contributed by atoms with E-state index in [1.807, 2.05) is 6.92 Å². The van der Waals surface area contributed by atoms with E-state index in [2.05, 4.69) is 5.32 Å². The minimum Gasteiger partial charge on any atom is -0.480 e. The lowest BCUT2D eigenvalue weighted by Crippen LogP contribution is -2.46. The average Bonchev–Trinajstić information content (AvgIpc) is 2.38. The van der Waals surface area contributed by atoms with Crippen molar-refractivity contribution < 1.29 is 18.3 Å². The predicted molar refractivity (Wildman–Crippen MR) is 73.5 cm³/mol. The second kappa shape index (κ2) is 7.21. The van der Waals surface area contributed by atoms with E-state index in [1.165, 1.54) is 11.2 Å². The molecule has 0 aliphatic carbocycles. The summed E-state index contributed by atoms with van der Waals surface area (Å²) in [7, 11) is -3.76. The molecule has 7 heteroatoms. The van der Waals surface area contributed by atoms with E-state index in [9.17, 15) is 13.2 Å². The fraction of sp³-hybridized carbons (Fsp3) is 0.917. The molecule has 0 bridgehead atoms. The van der Waals surface area contributed by atoms with Gasteiger partial charge in [0.25, 0.3) is 0 Å². The van der Waals surface area contributed by atoms with Crippen LogP contribution < -0.4 is 5.32 Å². The second-order valence-electron chi connectivity index (χ2n) is 5.10. The van der Waals surface area contributed by atoms with Crippen LogP contribution in [0.1, 0.15) is 33.1 Å². The molecule has 0 aromatic rings. The molecule has 1 rings (SSSR count). The number of carboxylic acid groups (broad SMARTS) is 1. The Kier molecular flexibility index (Phi) is 6.22. The average molecular weight is 292 g/mol. The summed E-state index contributed by atoms with van der Waals surface area (Å²) in [4.78, 5) is 10.9. The van der Waals surface area contributed by atoms with Crippen molar-refractivity contribution in [2.24, 2.45) is 5.92 Å². The van der Waals surface area contributed by atoms with Crippen molar-refractivity contribution >= 4 is 16.0 Å². The van der Waals surface area contributed by atoms with Gasteiger partial charge in [-0.25, -0.2) is 12.7 Å². The van der Waals surface area contributed by atoms with E-state index < -0.39 is 21.2 Å². The van der Waals surface area contributed by atoms with Crippen molar-refractivity contribution in [1.82, 2.24) is 9.62 Å². The van der Waals surface area contributed by atoms with Gasteiger partial charge in [0, 0.05) is 13.1 Å². The van der Waals surface area contributed by atoms with Gasteiger partial charge in [-0.1, -0.05) is 6.92 Å². The number of nitrogens with zero attached hydrogens (tertiary/aromatic N) is 1. The highest BCUT2D eigenvalue weighted by Gasteiger charge is 2.34. The number of hydrogen-bond donors (Lipinski definition) is 2. The number of rotatable bonds is 7. The third kappa shape index (κ3) is 4.43. The van der Waals surface area contributed by atoms with E-state index in [0.29, 0.717) is 19.5 Å². The van der Waals surface area contributed by atoms with Gasteiger partial charge in [-0.2, -0.15) is 0 Å². The highest BCUT2D eigenvalue weighted by atomic mass is 32.2. The standard InChI is InChI=1S/C12H24N2O4S/c1-3-7-14(9-11-5-4-6-13-8-11)19(17,18)10(2)12(15)16/h10-11,13H,3-9H2,1-2H3,(H,15,16). The molecular formula is C12H24N2O4S.